The summed E-state index contributed by atoms with van der Waals surface area (Å²) in [5.74, 6) is -0.182. The summed E-state index contributed by atoms with van der Waals surface area (Å²) in [4.78, 5) is 36.4. The van der Waals surface area contributed by atoms with Crippen molar-refractivity contribution in [3.8, 4) is 0 Å². The molecule has 0 fully saturated rings. The van der Waals surface area contributed by atoms with E-state index in [-0.39, 0.29) is 49.6 Å². The second kappa shape index (κ2) is 14.5. The van der Waals surface area contributed by atoms with Crippen LogP contribution in [0.1, 0.15) is 53.9 Å². The number of esters is 3. The fourth-order valence-electron chi connectivity index (χ4n) is 2.09. The van der Waals surface area contributed by atoms with Gasteiger partial charge in [0.25, 0.3) is 0 Å². The summed E-state index contributed by atoms with van der Waals surface area (Å²) in [7, 11) is 0. The van der Waals surface area contributed by atoms with Crippen molar-refractivity contribution in [2.24, 2.45) is 11.8 Å². The Labute approximate surface area is 157 Å². The van der Waals surface area contributed by atoms with Gasteiger partial charge in [-0.1, -0.05) is 34.6 Å². The van der Waals surface area contributed by atoms with E-state index in [1.807, 2.05) is 32.6 Å². The molecule has 0 saturated carbocycles. The van der Waals surface area contributed by atoms with Crippen LogP contribution in [0.2, 0.25) is 0 Å². The second-order valence-electron chi connectivity index (χ2n) is 7.05. The van der Waals surface area contributed by atoms with Crippen LogP contribution in [-0.4, -0.2) is 62.3 Å². The molecule has 0 aliphatic carbocycles. The zero-order valence-electron chi connectivity index (χ0n) is 16.9. The van der Waals surface area contributed by atoms with Gasteiger partial charge in [0.2, 0.25) is 0 Å². The predicted octanol–water partition coefficient (Wildman–Crippen LogP) is 2.42. The fourth-order valence-corrected chi connectivity index (χ4v) is 2.09. The summed E-state index contributed by atoms with van der Waals surface area (Å²) in [6.07, 6.45) is 1.11. The van der Waals surface area contributed by atoms with E-state index in [2.05, 4.69) is 0 Å². The number of rotatable bonds is 14. The Balaban J connectivity index is 4.25. The lowest BCUT2D eigenvalue weighted by Crippen LogP contribution is -2.35. The van der Waals surface area contributed by atoms with E-state index < -0.39 is 0 Å². The first kappa shape index (κ1) is 24.4. The maximum absolute atomic E-state index is 11.6. The smallest absolute Gasteiger partial charge is 0.306 e. The van der Waals surface area contributed by atoms with Crippen molar-refractivity contribution in [2.75, 3.05) is 39.5 Å². The summed E-state index contributed by atoms with van der Waals surface area (Å²) < 4.78 is 15.5. The number of hydrogen-bond donors (Lipinski definition) is 0. The molecule has 0 aromatic carbocycles. The van der Waals surface area contributed by atoms with Gasteiger partial charge in [-0.05, 0) is 11.8 Å². The zero-order chi connectivity index (χ0) is 19.9. The summed E-state index contributed by atoms with van der Waals surface area (Å²) in [6, 6.07) is 0. The minimum absolute atomic E-state index is 0.222. The van der Waals surface area contributed by atoms with Crippen molar-refractivity contribution >= 4 is 17.9 Å². The van der Waals surface area contributed by atoms with Gasteiger partial charge in [0, 0.05) is 38.9 Å². The molecule has 0 rings (SSSR count). The lowest BCUT2D eigenvalue weighted by molar-refractivity contribution is -0.145. The first-order chi connectivity index (χ1) is 12.2. The van der Waals surface area contributed by atoms with Crippen molar-refractivity contribution in [1.29, 1.82) is 0 Å². The molecule has 152 valence electrons. The largest absolute Gasteiger partial charge is 0.464 e. The van der Waals surface area contributed by atoms with Crippen LogP contribution in [0.4, 0.5) is 0 Å². The third-order valence-corrected chi connectivity index (χ3v) is 3.45. The van der Waals surface area contributed by atoms with E-state index in [0.717, 1.165) is 0 Å². The van der Waals surface area contributed by atoms with Crippen molar-refractivity contribution < 1.29 is 28.6 Å². The molecule has 0 aromatic heterocycles. The quantitative estimate of drug-likeness (QED) is 0.341. The highest BCUT2D eigenvalue weighted by Crippen LogP contribution is 2.02. The molecule has 0 N–H and O–H groups in total. The van der Waals surface area contributed by atoms with E-state index in [1.165, 1.54) is 0 Å². The van der Waals surface area contributed by atoms with E-state index in [0.29, 0.717) is 38.9 Å². The van der Waals surface area contributed by atoms with Gasteiger partial charge in [-0.3, -0.25) is 19.3 Å². The standard InChI is InChI=1S/C19H35NO6/c1-6-17(21)24-10-7-20(8-11-25-18(22)13-15(2)3)9-12-26-19(23)14-16(4)5/h15-16H,6-14H2,1-5H3. The molecule has 0 unspecified atom stereocenters. The van der Waals surface area contributed by atoms with Gasteiger partial charge >= 0.3 is 17.9 Å². The Bertz CT molecular complexity index is 394. The van der Waals surface area contributed by atoms with Crippen molar-refractivity contribution in [3.05, 3.63) is 0 Å². The van der Waals surface area contributed by atoms with E-state index in [4.69, 9.17) is 14.2 Å². The average molecular weight is 373 g/mol. The number of nitrogens with zero attached hydrogens (tertiary/aromatic N) is 1. The molecule has 0 radical (unpaired) electrons. The molecule has 7 nitrogen and oxygen atoms in total. The summed E-state index contributed by atoms with van der Waals surface area (Å²) >= 11 is 0. The van der Waals surface area contributed by atoms with Crippen LogP contribution >= 0.6 is 0 Å². The van der Waals surface area contributed by atoms with Crippen LogP contribution in [0.15, 0.2) is 0 Å². The first-order valence-corrected chi connectivity index (χ1v) is 9.43. The summed E-state index contributed by atoms with van der Waals surface area (Å²) in [5.41, 5.74) is 0. The summed E-state index contributed by atoms with van der Waals surface area (Å²) in [6.45, 7) is 11.8. The number of carbonyl (C=O) groups excluding carboxylic acids is 3. The van der Waals surface area contributed by atoms with Gasteiger partial charge < -0.3 is 14.2 Å². The Morgan fingerprint density at radius 2 is 1.04 bits per heavy atom. The van der Waals surface area contributed by atoms with Crippen LogP contribution in [0, 0.1) is 11.8 Å². The molecule has 0 bridgehead atoms. The minimum Gasteiger partial charge on any atom is -0.464 e. The van der Waals surface area contributed by atoms with E-state index in [1.54, 1.807) is 6.92 Å². The predicted molar refractivity (Wildman–Crippen MR) is 98.5 cm³/mol. The highest BCUT2D eigenvalue weighted by atomic mass is 16.5. The van der Waals surface area contributed by atoms with Crippen molar-refractivity contribution in [2.45, 2.75) is 53.9 Å². The van der Waals surface area contributed by atoms with Crippen molar-refractivity contribution in [3.63, 3.8) is 0 Å². The number of carbonyl (C=O) groups is 3. The lowest BCUT2D eigenvalue weighted by Gasteiger charge is -2.22. The Kier molecular flexibility index (Phi) is 13.6. The van der Waals surface area contributed by atoms with Gasteiger partial charge in [-0.15, -0.1) is 0 Å². The maximum atomic E-state index is 11.6. The molecule has 7 heteroatoms. The van der Waals surface area contributed by atoms with Gasteiger partial charge in [0.1, 0.15) is 19.8 Å². The van der Waals surface area contributed by atoms with Crippen molar-refractivity contribution in [1.82, 2.24) is 4.90 Å². The molecule has 0 aromatic rings. The third-order valence-electron chi connectivity index (χ3n) is 3.45. The van der Waals surface area contributed by atoms with E-state index >= 15 is 0 Å². The Hall–Kier alpha value is -1.63. The lowest BCUT2D eigenvalue weighted by atomic mass is 10.1. The molecule has 0 atom stereocenters. The Morgan fingerprint density at radius 1 is 0.692 bits per heavy atom. The van der Waals surface area contributed by atoms with Gasteiger partial charge in [-0.25, -0.2) is 0 Å². The molecule has 0 spiro atoms. The molecular weight excluding hydrogens is 338 g/mol. The highest BCUT2D eigenvalue weighted by molar-refractivity contribution is 5.70. The van der Waals surface area contributed by atoms with E-state index in [9.17, 15) is 14.4 Å². The molecule has 26 heavy (non-hydrogen) atoms. The number of ether oxygens (including phenoxy) is 3. The minimum atomic E-state index is -0.253. The van der Waals surface area contributed by atoms with Crippen LogP contribution in [0.3, 0.4) is 0 Å². The van der Waals surface area contributed by atoms with Gasteiger partial charge in [0.05, 0.1) is 0 Å². The third kappa shape index (κ3) is 14.7. The van der Waals surface area contributed by atoms with Crippen LogP contribution in [-0.2, 0) is 28.6 Å². The van der Waals surface area contributed by atoms with Crippen LogP contribution in [0.25, 0.3) is 0 Å². The maximum Gasteiger partial charge on any atom is 0.306 e. The molecule has 0 aliphatic rings. The first-order valence-electron chi connectivity index (χ1n) is 9.43. The fraction of sp³-hybridized carbons (Fsp3) is 0.842. The highest BCUT2D eigenvalue weighted by Gasteiger charge is 2.12. The average Bonchev–Trinajstić information content (AvgIpc) is 2.52. The second-order valence-corrected chi connectivity index (χ2v) is 7.05. The van der Waals surface area contributed by atoms with Gasteiger partial charge in [0.15, 0.2) is 0 Å². The normalized spacial score (nSPS) is 11.1. The Morgan fingerprint density at radius 3 is 1.35 bits per heavy atom. The molecule has 0 amide bonds. The van der Waals surface area contributed by atoms with Gasteiger partial charge in [-0.2, -0.15) is 0 Å². The molecule has 0 aliphatic heterocycles. The topological polar surface area (TPSA) is 82.1 Å². The molecule has 0 heterocycles. The van der Waals surface area contributed by atoms with Crippen LogP contribution in [0.5, 0.6) is 0 Å². The number of hydrogen-bond acceptors (Lipinski definition) is 7. The molecule has 0 saturated heterocycles. The SMILES string of the molecule is CCC(=O)OCCN(CCOC(=O)CC(C)C)CCOC(=O)CC(C)C. The zero-order valence-corrected chi connectivity index (χ0v) is 16.9. The van der Waals surface area contributed by atoms with Crippen LogP contribution < -0.4 is 0 Å². The molecular formula is C19H35NO6. The monoisotopic (exact) mass is 373 g/mol. The summed E-state index contributed by atoms with van der Waals surface area (Å²) in [5, 5.41) is 0.